The predicted octanol–water partition coefficient (Wildman–Crippen LogP) is 0.106. The summed E-state index contributed by atoms with van der Waals surface area (Å²) in [5.41, 5.74) is 10.7. The number of nitrogens with two attached hydrogens (primary N) is 2. The van der Waals surface area contributed by atoms with Crippen molar-refractivity contribution in [2.45, 2.75) is 0 Å². The van der Waals surface area contributed by atoms with Crippen LogP contribution in [0.2, 0.25) is 0 Å². The molecule has 0 bridgehead atoms. The van der Waals surface area contributed by atoms with Gasteiger partial charge in [-0.2, -0.15) is 10.1 Å². The standard InChI is InChI=1S/C8H7BrN6O/c9-4-3-12-8(11)13-7(4)15-2-1-5(14-15)6(10)16/h1-3H,(H2,10,16)(H2,11,12,13). The van der Waals surface area contributed by atoms with Crippen molar-refractivity contribution in [1.29, 1.82) is 0 Å². The molecule has 0 aliphatic heterocycles. The summed E-state index contributed by atoms with van der Waals surface area (Å²) in [5, 5.41) is 3.95. The average Bonchev–Trinajstić information content (AvgIpc) is 2.70. The molecule has 0 aliphatic rings. The van der Waals surface area contributed by atoms with Gasteiger partial charge in [0.2, 0.25) is 5.95 Å². The van der Waals surface area contributed by atoms with Gasteiger partial charge < -0.3 is 11.5 Å². The molecular formula is C8H7BrN6O. The van der Waals surface area contributed by atoms with Crippen LogP contribution in [0.15, 0.2) is 22.9 Å². The van der Waals surface area contributed by atoms with Crippen LogP contribution in [0.3, 0.4) is 0 Å². The van der Waals surface area contributed by atoms with E-state index >= 15 is 0 Å². The van der Waals surface area contributed by atoms with Crippen molar-refractivity contribution in [1.82, 2.24) is 19.7 Å². The fourth-order valence-electron chi connectivity index (χ4n) is 1.11. The average molecular weight is 283 g/mol. The van der Waals surface area contributed by atoms with Crippen molar-refractivity contribution in [3.05, 3.63) is 28.6 Å². The van der Waals surface area contributed by atoms with Gasteiger partial charge in [0.1, 0.15) is 5.69 Å². The number of hydrogen-bond donors (Lipinski definition) is 2. The minimum atomic E-state index is -0.600. The molecule has 0 saturated carbocycles. The summed E-state index contributed by atoms with van der Waals surface area (Å²) >= 11 is 3.26. The topological polar surface area (TPSA) is 113 Å². The van der Waals surface area contributed by atoms with Gasteiger partial charge in [0.25, 0.3) is 5.91 Å². The van der Waals surface area contributed by atoms with Gasteiger partial charge in [-0.15, -0.1) is 0 Å². The molecule has 0 radical (unpaired) electrons. The number of carbonyl (C=O) groups excluding carboxylic acids is 1. The fraction of sp³-hybridized carbons (Fsp3) is 0. The van der Waals surface area contributed by atoms with E-state index in [0.717, 1.165) is 0 Å². The summed E-state index contributed by atoms with van der Waals surface area (Å²) in [4.78, 5) is 18.7. The van der Waals surface area contributed by atoms with Gasteiger partial charge in [0.05, 0.1) is 4.47 Å². The molecule has 1 amide bonds. The summed E-state index contributed by atoms with van der Waals surface area (Å²) in [5.74, 6) is -0.0359. The third-order valence-electron chi connectivity index (χ3n) is 1.80. The molecule has 0 atom stereocenters. The zero-order chi connectivity index (χ0) is 11.7. The van der Waals surface area contributed by atoms with Crippen molar-refractivity contribution >= 4 is 27.8 Å². The lowest BCUT2D eigenvalue weighted by Gasteiger charge is -2.02. The lowest BCUT2D eigenvalue weighted by molar-refractivity contribution is 0.0995. The van der Waals surface area contributed by atoms with E-state index in [1.54, 1.807) is 6.20 Å². The number of aromatic nitrogens is 4. The Morgan fingerprint density at radius 2 is 2.25 bits per heavy atom. The lowest BCUT2D eigenvalue weighted by atomic mass is 10.4. The zero-order valence-electron chi connectivity index (χ0n) is 7.96. The Hall–Kier alpha value is -1.96. The first-order valence-corrected chi connectivity index (χ1v) is 5.01. The first kappa shape index (κ1) is 10.6. The van der Waals surface area contributed by atoms with E-state index in [4.69, 9.17) is 11.5 Å². The van der Waals surface area contributed by atoms with Crippen LogP contribution in [0.1, 0.15) is 10.5 Å². The molecule has 16 heavy (non-hydrogen) atoms. The summed E-state index contributed by atoms with van der Waals surface area (Å²) in [6.07, 6.45) is 3.07. The molecular weight excluding hydrogens is 276 g/mol. The first-order chi connectivity index (χ1) is 7.58. The van der Waals surface area contributed by atoms with Crippen molar-refractivity contribution < 1.29 is 4.79 Å². The second-order valence-electron chi connectivity index (χ2n) is 2.91. The fourth-order valence-corrected chi connectivity index (χ4v) is 1.48. The summed E-state index contributed by atoms with van der Waals surface area (Å²) < 4.78 is 2.00. The van der Waals surface area contributed by atoms with Gasteiger partial charge in [-0.3, -0.25) is 4.79 Å². The summed E-state index contributed by atoms with van der Waals surface area (Å²) in [6, 6.07) is 1.49. The van der Waals surface area contributed by atoms with Crippen LogP contribution >= 0.6 is 15.9 Å². The van der Waals surface area contributed by atoms with Crippen LogP contribution in [0.25, 0.3) is 5.82 Å². The van der Waals surface area contributed by atoms with Gasteiger partial charge >= 0.3 is 0 Å². The molecule has 8 heteroatoms. The number of carbonyl (C=O) groups is 1. The monoisotopic (exact) mass is 282 g/mol. The molecule has 4 N–H and O–H groups in total. The largest absolute Gasteiger partial charge is 0.368 e. The van der Waals surface area contributed by atoms with E-state index in [0.29, 0.717) is 10.3 Å². The van der Waals surface area contributed by atoms with Crippen molar-refractivity contribution in [2.24, 2.45) is 5.73 Å². The maximum atomic E-state index is 10.9. The molecule has 0 unspecified atom stereocenters. The number of halogens is 1. The summed E-state index contributed by atoms with van der Waals surface area (Å²) in [7, 11) is 0. The highest BCUT2D eigenvalue weighted by molar-refractivity contribution is 9.10. The Balaban J connectivity index is 2.50. The SMILES string of the molecule is NC(=O)c1ccn(-c2nc(N)ncc2Br)n1. The van der Waals surface area contributed by atoms with Gasteiger partial charge in [-0.05, 0) is 22.0 Å². The minimum absolute atomic E-state index is 0.120. The molecule has 2 aromatic heterocycles. The molecule has 0 aromatic carbocycles. The Morgan fingerprint density at radius 1 is 1.50 bits per heavy atom. The second kappa shape index (κ2) is 3.89. The van der Waals surface area contributed by atoms with Crippen LogP contribution in [-0.4, -0.2) is 25.7 Å². The quantitative estimate of drug-likeness (QED) is 0.811. The van der Waals surface area contributed by atoms with Crippen LogP contribution in [0.4, 0.5) is 5.95 Å². The molecule has 2 rings (SSSR count). The minimum Gasteiger partial charge on any atom is -0.368 e. The van der Waals surface area contributed by atoms with E-state index in [1.165, 1.54) is 16.9 Å². The third-order valence-corrected chi connectivity index (χ3v) is 2.36. The molecule has 0 saturated heterocycles. The Morgan fingerprint density at radius 3 is 2.88 bits per heavy atom. The van der Waals surface area contributed by atoms with Crippen molar-refractivity contribution in [3.8, 4) is 5.82 Å². The van der Waals surface area contributed by atoms with Gasteiger partial charge in [-0.25, -0.2) is 9.67 Å². The number of hydrogen-bond acceptors (Lipinski definition) is 5. The van der Waals surface area contributed by atoms with Crippen molar-refractivity contribution in [3.63, 3.8) is 0 Å². The molecule has 0 fully saturated rings. The van der Waals surface area contributed by atoms with E-state index in [-0.39, 0.29) is 11.6 Å². The number of primary amides is 1. The lowest BCUT2D eigenvalue weighted by Crippen LogP contribution is -2.12. The highest BCUT2D eigenvalue weighted by Crippen LogP contribution is 2.17. The number of anilines is 1. The maximum Gasteiger partial charge on any atom is 0.269 e. The van der Waals surface area contributed by atoms with Crippen LogP contribution in [0.5, 0.6) is 0 Å². The van der Waals surface area contributed by atoms with E-state index in [2.05, 4.69) is 31.0 Å². The second-order valence-corrected chi connectivity index (χ2v) is 3.76. The number of nitrogen functional groups attached to an aromatic ring is 1. The maximum absolute atomic E-state index is 10.9. The smallest absolute Gasteiger partial charge is 0.269 e. The highest BCUT2D eigenvalue weighted by atomic mass is 79.9. The molecule has 2 heterocycles. The van der Waals surface area contributed by atoms with Crippen LogP contribution < -0.4 is 11.5 Å². The van der Waals surface area contributed by atoms with E-state index in [1.807, 2.05) is 0 Å². The molecule has 0 aliphatic carbocycles. The Kier molecular flexibility index (Phi) is 2.57. The van der Waals surface area contributed by atoms with Gasteiger partial charge in [-0.1, -0.05) is 0 Å². The molecule has 0 spiro atoms. The normalized spacial score (nSPS) is 10.3. The van der Waals surface area contributed by atoms with E-state index in [9.17, 15) is 4.79 Å². The third kappa shape index (κ3) is 1.87. The number of amides is 1. The van der Waals surface area contributed by atoms with Crippen molar-refractivity contribution in [2.75, 3.05) is 5.73 Å². The Labute approximate surface area is 98.6 Å². The molecule has 7 nitrogen and oxygen atoms in total. The zero-order valence-corrected chi connectivity index (χ0v) is 9.55. The number of nitrogens with zero attached hydrogens (tertiary/aromatic N) is 4. The molecule has 82 valence electrons. The highest BCUT2D eigenvalue weighted by Gasteiger charge is 2.10. The van der Waals surface area contributed by atoms with Crippen LogP contribution in [-0.2, 0) is 0 Å². The van der Waals surface area contributed by atoms with Gasteiger partial charge in [0, 0.05) is 12.4 Å². The van der Waals surface area contributed by atoms with Gasteiger partial charge in [0.15, 0.2) is 5.82 Å². The van der Waals surface area contributed by atoms with E-state index < -0.39 is 5.91 Å². The first-order valence-electron chi connectivity index (χ1n) is 4.22. The number of rotatable bonds is 2. The summed E-state index contributed by atoms with van der Waals surface area (Å²) in [6.45, 7) is 0. The predicted molar refractivity (Wildman–Crippen MR) is 59.8 cm³/mol. The molecule has 2 aromatic rings. The van der Waals surface area contributed by atoms with Crippen LogP contribution in [0, 0.1) is 0 Å². The Bertz CT molecular complexity index is 551.